The third-order valence-corrected chi connectivity index (χ3v) is 3.15. The first-order valence-electron chi connectivity index (χ1n) is 5.93. The number of aliphatic hydroxyl groups excluding tert-OH is 1. The molecule has 3 N–H and O–H groups in total. The Labute approximate surface area is 125 Å². The molecule has 0 aliphatic heterocycles. The Hall–Kier alpha value is -1.56. The van der Waals surface area contributed by atoms with Gasteiger partial charge < -0.3 is 10.4 Å². The molecule has 1 heterocycles. The number of aryl methyl sites for hydroxylation is 1. The van der Waals surface area contributed by atoms with Gasteiger partial charge in [-0.1, -0.05) is 23.2 Å². The summed E-state index contributed by atoms with van der Waals surface area (Å²) in [6, 6.07) is 4.95. The zero-order valence-corrected chi connectivity index (χ0v) is 12.2. The number of hydrogen-bond acceptors (Lipinski definition) is 4. The van der Waals surface area contributed by atoms with Crippen molar-refractivity contribution in [1.82, 2.24) is 9.97 Å². The van der Waals surface area contributed by atoms with E-state index in [1.165, 1.54) is 0 Å². The van der Waals surface area contributed by atoms with Crippen LogP contribution in [0, 0.1) is 6.92 Å². The molecule has 1 aromatic heterocycles. The van der Waals surface area contributed by atoms with E-state index in [0.717, 1.165) is 0 Å². The summed E-state index contributed by atoms with van der Waals surface area (Å²) in [5.41, 5.74) is 1.39. The molecule has 106 valence electrons. The van der Waals surface area contributed by atoms with E-state index in [1.54, 1.807) is 25.1 Å². The fraction of sp³-hybridized carbons (Fsp3) is 0.231. The molecule has 0 saturated carbocycles. The van der Waals surface area contributed by atoms with E-state index < -0.39 is 0 Å². The molecule has 0 atom stereocenters. The Bertz CT molecular complexity index is 666. The van der Waals surface area contributed by atoms with Crippen molar-refractivity contribution >= 4 is 34.8 Å². The number of halogens is 2. The Morgan fingerprint density at radius 3 is 2.50 bits per heavy atom. The van der Waals surface area contributed by atoms with E-state index in [2.05, 4.69) is 15.3 Å². The Morgan fingerprint density at radius 1 is 1.30 bits per heavy atom. The molecule has 0 radical (unpaired) electrons. The third kappa shape index (κ3) is 3.50. The molecule has 0 amide bonds. The fourth-order valence-electron chi connectivity index (χ4n) is 1.84. The van der Waals surface area contributed by atoms with Gasteiger partial charge in [-0.15, -0.1) is 0 Å². The molecular weight excluding hydrogens is 301 g/mol. The smallest absolute Gasteiger partial charge is 0.255 e. The first kappa shape index (κ1) is 14.8. The monoisotopic (exact) mass is 313 g/mol. The number of nitrogens with one attached hydrogen (secondary N) is 2. The summed E-state index contributed by atoms with van der Waals surface area (Å²) in [6.45, 7) is 1.62. The van der Waals surface area contributed by atoms with Gasteiger partial charge in [0.1, 0.15) is 0 Å². The number of benzene rings is 1. The summed E-state index contributed by atoms with van der Waals surface area (Å²) in [4.78, 5) is 18.7. The highest BCUT2D eigenvalue weighted by molar-refractivity contribution is 6.35. The summed E-state index contributed by atoms with van der Waals surface area (Å²) in [7, 11) is 0. The van der Waals surface area contributed by atoms with Crippen molar-refractivity contribution in [3.8, 4) is 0 Å². The molecule has 1 aromatic carbocycles. The van der Waals surface area contributed by atoms with Crippen molar-refractivity contribution in [2.45, 2.75) is 13.3 Å². The van der Waals surface area contributed by atoms with Crippen LogP contribution in [-0.4, -0.2) is 21.7 Å². The van der Waals surface area contributed by atoms with Crippen LogP contribution in [0.15, 0.2) is 23.0 Å². The minimum Gasteiger partial charge on any atom is -0.396 e. The Balaban J connectivity index is 2.32. The van der Waals surface area contributed by atoms with Gasteiger partial charge in [-0.3, -0.25) is 9.78 Å². The highest BCUT2D eigenvalue weighted by Crippen LogP contribution is 2.24. The van der Waals surface area contributed by atoms with Gasteiger partial charge in [-0.25, -0.2) is 4.98 Å². The van der Waals surface area contributed by atoms with E-state index in [1.807, 2.05) is 0 Å². The van der Waals surface area contributed by atoms with Crippen LogP contribution >= 0.6 is 23.2 Å². The molecule has 0 fully saturated rings. The van der Waals surface area contributed by atoms with Gasteiger partial charge in [0.15, 0.2) is 0 Å². The molecular formula is C13H13Cl2N3O2. The predicted octanol–water partition coefficient (Wildman–Crippen LogP) is 2.66. The SMILES string of the molecule is Cc1nc(Nc2cc(Cl)cc(Cl)c2)[nH]c(=O)c1CCO. The number of aromatic nitrogens is 2. The second-order valence-electron chi connectivity index (χ2n) is 4.24. The number of aromatic amines is 1. The number of nitrogens with zero attached hydrogens (tertiary/aromatic N) is 1. The van der Waals surface area contributed by atoms with Crippen molar-refractivity contribution in [2.75, 3.05) is 11.9 Å². The zero-order chi connectivity index (χ0) is 14.7. The maximum absolute atomic E-state index is 11.9. The van der Waals surface area contributed by atoms with Crippen molar-refractivity contribution < 1.29 is 5.11 Å². The van der Waals surface area contributed by atoms with E-state index in [0.29, 0.717) is 32.9 Å². The van der Waals surface area contributed by atoms with E-state index in [9.17, 15) is 4.79 Å². The molecule has 0 bridgehead atoms. The molecule has 0 saturated heterocycles. The van der Waals surface area contributed by atoms with E-state index in [-0.39, 0.29) is 18.6 Å². The molecule has 0 aliphatic rings. The topological polar surface area (TPSA) is 78.0 Å². The Kier molecular flexibility index (Phi) is 4.65. The normalized spacial score (nSPS) is 10.6. The standard InChI is InChI=1S/C13H13Cl2N3O2/c1-7-11(2-3-19)12(20)18-13(16-7)17-10-5-8(14)4-9(15)6-10/h4-6,19H,2-3H2,1H3,(H2,16,17,18,20). The van der Waals surface area contributed by atoms with Crippen molar-refractivity contribution in [3.63, 3.8) is 0 Å². The quantitative estimate of drug-likeness (QED) is 0.811. The number of rotatable bonds is 4. The van der Waals surface area contributed by atoms with Crippen molar-refractivity contribution in [3.05, 3.63) is 49.9 Å². The lowest BCUT2D eigenvalue weighted by Gasteiger charge is -2.09. The summed E-state index contributed by atoms with van der Waals surface area (Å²) >= 11 is 11.8. The predicted molar refractivity (Wildman–Crippen MR) is 80.1 cm³/mol. The summed E-state index contributed by atoms with van der Waals surface area (Å²) in [5, 5.41) is 12.8. The molecule has 20 heavy (non-hydrogen) atoms. The van der Waals surface area contributed by atoms with Crippen molar-refractivity contribution in [1.29, 1.82) is 0 Å². The summed E-state index contributed by atoms with van der Waals surface area (Å²) in [5.74, 6) is 0.299. The van der Waals surface area contributed by atoms with Crippen LogP contribution in [0.3, 0.4) is 0 Å². The van der Waals surface area contributed by atoms with Crippen LogP contribution in [0.1, 0.15) is 11.3 Å². The largest absolute Gasteiger partial charge is 0.396 e. The van der Waals surface area contributed by atoms with Crippen LogP contribution in [0.2, 0.25) is 10.0 Å². The Morgan fingerprint density at radius 2 is 1.95 bits per heavy atom. The average Bonchev–Trinajstić information content (AvgIpc) is 2.32. The average molecular weight is 314 g/mol. The molecule has 0 spiro atoms. The number of anilines is 2. The van der Waals surface area contributed by atoms with Crippen LogP contribution in [0.4, 0.5) is 11.6 Å². The zero-order valence-electron chi connectivity index (χ0n) is 10.7. The van der Waals surface area contributed by atoms with Gasteiger partial charge in [0.2, 0.25) is 5.95 Å². The van der Waals surface area contributed by atoms with Gasteiger partial charge in [0.05, 0.1) is 5.69 Å². The lowest BCUT2D eigenvalue weighted by atomic mass is 10.2. The van der Waals surface area contributed by atoms with Gasteiger partial charge in [0, 0.05) is 34.3 Å². The molecule has 5 nitrogen and oxygen atoms in total. The van der Waals surface area contributed by atoms with Crippen LogP contribution in [-0.2, 0) is 6.42 Å². The first-order valence-corrected chi connectivity index (χ1v) is 6.69. The summed E-state index contributed by atoms with van der Waals surface area (Å²) in [6.07, 6.45) is 0.275. The van der Waals surface area contributed by atoms with Gasteiger partial charge in [0.25, 0.3) is 5.56 Å². The van der Waals surface area contributed by atoms with Crippen molar-refractivity contribution in [2.24, 2.45) is 0 Å². The second-order valence-corrected chi connectivity index (χ2v) is 5.11. The number of hydrogen-bond donors (Lipinski definition) is 3. The maximum atomic E-state index is 11.9. The molecule has 7 heteroatoms. The minimum atomic E-state index is -0.276. The number of aliphatic hydroxyl groups is 1. The van der Waals surface area contributed by atoms with Gasteiger partial charge >= 0.3 is 0 Å². The van der Waals surface area contributed by atoms with E-state index >= 15 is 0 Å². The highest BCUT2D eigenvalue weighted by atomic mass is 35.5. The highest BCUT2D eigenvalue weighted by Gasteiger charge is 2.08. The molecule has 0 unspecified atom stereocenters. The van der Waals surface area contributed by atoms with E-state index in [4.69, 9.17) is 28.3 Å². The molecule has 0 aliphatic carbocycles. The molecule has 2 aromatic rings. The second kappa shape index (κ2) is 6.26. The summed E-state index contributed by atoms with van der Waals surface area (Å²) < 4.78 is 0. The molecule has 2 rings (SSSR count). The maximum Gasteiger partial charge on any atom is 0.255 e. The van der Waals surface area contributed by atoms with Gasteiger partial charge in [-0.05, 0) is 25.1 Å². The lowest BCUT2D eigenvalue weighted by molar-refractivity contribution is 0.298. The first-order chi connectivity index (χ1) is 9.49. The third-order valence-electron chi connectivity index (χ3n) is 2.71. The van der Waals surface area contributed by atoms with Crippen LogP contribution < -0.4 is 10.9 Å². The van der Waals surface area contributed by atoms with Gasteiger partial charge in [-0.2, -0.15) is 0 Å². The minimum absolute atomic E-state index is 0.0950. The number of H-pyrrole nitrogens is 1. The van der Waals surface area contributed by atoms with Crippen LogP contribution in [0.5, 0.6) is 0 Å². The van der Waals surface area contributed by atoms with Crippen LogP contribution in [0.25, 0.3) is 0 Å². The fourth-order valence-corrected chi connectivity index (χ4v) is 2.36. The lowest BCUT2D eigenvalue weighted by Crippen LogP contribution is -2.19.